The fourth-order valence-corrected chi connectivity index (χ4v) is 3.63. The summed E-state index contributed by atoms with van der Waals surface area (Å²) in [6.45, 7) is 5.07. The van der Waals surface area contributed by atoms with Gasteiger partial charge in [0.05, 0.1) is 23.2 Å². The number of anilines is 1. The highest BCUT2D eigenvalue weighted by Crippen LogP contribution is 2.31. The number of carbonyl (C=O) groups excluding carboxylic acids is 1. The lowest BCUT2D eigenvalue weighted by molar-refractivity contribution is -0.123. The van der Waals surface area contributed by atoms with Crippen molar-refractivity contribution < 1.29 is 4.79 Å². The minimum Gasteiger partial charge on any atom is -0.354 e. The van der Waals surface area contributed by atoms with E-state index in [1.165, 1.54) is 0 Å². The molecule has 1 saturated heterocycles. The van der Waals surface area contributed by atoms with Gasteiger partial charge in [-0.25, -0.2) is 15.0 Å². The molecule has 0 radical (unpaired) electrons. The second-order valence-electron chi connectivity index (χ2n) is 7.02. The van der Waals surface area contributed by atoms with Gasteiger partial charge in [0, 0.05) is 30.7 Å². The first-order valence-electron chi connectivity index (χ1n) is 9.12. The van der Waals surface area contributed by atoms with E-state index in [0.717, 1.165) is 47.3 Å². The minimum atomic E-state index is -0.644. The van der Waals surface area contributed by atoms with E-state index < -0.39 is 5.92 Å². The summed E-state index contributed by atoms with van der Waals surface area (Å²) in [6.07, 6.45) is 5.38. The van der Waals surface area contributed by atoms with Gasteiger partial charge in [-0.15, -0.1) is 0 Å². The average Bonchev–Trinajstić information content (AvgIpc) is 3.15. The largest absolute Gasteiger partial charge is 0.354 e. The second kappa shape index (κ2) is 6.83. The Balaban J connectivity index is 1.70. The molecule has 0 aromatic carbocycles. The first-order chi connectivity index (χ1) is 13.1. The maximum atomic E-state index is 12.1. The van der Waals surface area contributed by atoms with Crippen molar-refractivity contribution in [3.63, 3.8) is 0 Å². The summed E-state index contributed by atoms with van der Waals surface area (Å²) >= 11 is 0. The SMILES string of the molecule is Cc1nc(N2CCCC(NC(=O)C(C)C#N)C2)c2c(cnc3nccc32)[nH]1. The number of pyridine rings is 1. The number of carbonyl (C=O) groups is 1. The molecule has 1 amide bonds. The zero-order chi connectivity index (χ0) is 19.0. The highest BCUT2D eigenvalue weighted by molar-refractivity contribution is 6.09. The van der Waals surface area contributed by atoms with Crippen LogP contribution in [0.4, 0.5) is 5.82 Å². The van der Waals surface area contributed by atoms with Crippen LogP contribution in [-0.2, 0) is 4.79 Å². The second-order valence-corrected chi connectivity index (χ2v) is 7.02. The molecule has 3 aromatic rings. The summed E-state index contributed by atoms with van der Waals surface area (Å²) in [6, 6.07) is 3.94. The molecule has 3 aromatic heterocycles. The van der Waals surface area contributed by atoms with Crippen LogP contribution >= 0.6 is 0 Å². The van der Waals surface area contributed by atoms with E-state index in [-0.39, 0.29) is 11.9 Å². The van der Waals surface area contributed by atoms with E-state index in [2.05, 4.69) is 25.2 Å². The molecule has 8 nitrogen and oxygen atoms in total. The van der Waals surface area contributed by atoms with E-state index in [1.54, 1.807) is 19.3 Å². The molecular formula is C19H21N7O. The molecule has 0 bridgehead atoms. The van der Waals surface area contributed by atoms with Crippen molar-refractivity contribution >= 4 is 33.7 Å². The molecule has 2 unspecified atom stereocenters. The van der Waals surface area contributed by atoms with Gasteiger partial charge in [-0.05, 0) is 32.8 Å². The molecule has 138 valence electrons. The van der Waals surface area contributed by atoms with E-state index >= 15 is 0 Å². The van der Waals surface area contributed by atoms with Gasteiger partial charge in [0.2, 0.25) is 5.91 Å². The Morgan fingerprint density at radius 3 is 3.15 bits per heavy atom. The number of hydrogen-bond donors (Lipinski definition) is 2. The molecule has 4 heterocycles. The van der Waals surface area contributed by atoms with Gasteiger partial charge in [-0.3, -0.25) is 4.79 Å². The smallest absolute Gasteiger partial charge is 0.237 e. The van der Waals surface area contributed by atoms with Crippen molar-refractivity contribution in [2.45, 2.75) is 32.7 Å². The quantitative estimate of drug-likeness (QED) is 0.737. The topological polar surface area (TPSA) is 111 Å². The molecule has 27 heavy (non-hydrogen) atoms. The zero-order valence-electron chi connectivity index (χ0n) is 15.4. The van der Waals surface area contributed by atoms with E-state index in [9.17, 15) is 4.79 Å². The third-order valence-corrected chi connectivity index (χ3v) is 5.00. The summed E-state index contributed by atoms with van der Waals surface area (Å²) < 4.78 is 0. The lowest BCUT2D eigenvalue weighted by Crippen LogP contribution is -2.49. The Morgan fingerprint density at radius 1 is 1.48 bits per heavy atom. The highest BCUT2D eigenvalue weighted by Gasteiger charge is 2.26. The predicted molar refractivity (Wildman–Crippen MR) is 102 cm³/mol. The Labute approximate surface area is 156 Å². The molecule has 0 spiro atoms. The maximum Gasteiger partial charge on any atom is 0.237 e. The molecule has 1 aliphatic rings. The summed E-state index contributed by atoms with van der Waals surface area (Å²) in [7, 11) is 0. The summed E-state index contributed by atoms with van der Waals surface area (Å²) in [4.78, 5) is 31.1. The molecule has 2 N–H and O–H groups in total. The van der Waals surface area contributed by atoms with Crippen LogP contribution in [0.3, 0.4) is 0 Å². The fourth-order valence-electron chi connectivity index (χ4n) is 3.63. The molecular weight excluding hydrogens is 342 g/mol. The molecule has 4 rings (SSSR count). The number of fused-ring (bicyclic) bond motifs is 3. The fraction of sp³-hybridized carbons (Fsp3) is 0.421. The zero-order valence-corrected chi connectivity index (χ0v) is 15.4. The number of aryl methyl sites for hydroxylation is 1. The van der Waals surface area contributed by atoms with Crippen molar-refractivity contribution in [1.29, 1.82) is 5.26 Å². The number of aromatic amines is 1. The van der Waals surface area contributed by atoms with Crippen molar-refractivity contribution in [3.8, 4) is 6.07 Å². The van der Waals surface area contributed by atoms with Crippen LogP contribution in [0.15, 0.2) is 18.5 Å². The lowest BCUT2D eigenvalue weighted by Gasteiger charge is -2.35. The standard InChI is InChI=1S/C19H21N7O/c1-11(8-20)19(27)25-13-4-3-7-26(10-13)18-16-14-5-6-21-17(14)22-9-15(16)23-12(2)24-18/h5-6,9,11,13H,3-4,7,10H2,1-2H3,(H,23,24)(H,25,27). The maximum absolute atomic E-state index is 12.1. The van der Waals surface area contributed by atoms with Crippen LogP contribution in [0.25, 0.3) is 21.9 Å². The predicted octanol–water partition coefficient (Wildman–Crippen LogP) is 2.06. The summed E-state index contributed by atoms with van der Waals surface area (Å²) in [5.41, 5.74) is 1.62. The number of hydrogen-bond acceptors (Lipinski definition) is 6. The summed E-state index contributed by atoms with van der Waals surface area (Å²) in [5, 5.41) is 13.9. The Morgan fingerprint density at radius 2 is 2.33 bits per heavy atom. The normalized spacial score (nSPS) is 18.4. The van der Waals surface area contributed by atoms with Crippen molar-refractivity contribution in [1.82, 2.24) is 25.3 Å². The molecule has 0 aliphatic carbocycles. The molecule has 2 atom stereocenters. The molecule has 0 saturated carbocycles. The minimum absolute atomic E-state index is 0.00138. The third kappa shape index (κ3) is 3.16. The Bertz CT molecular complexity index is 1050. The lowest BCUT2D eigenvalue weighted by atomic mass is 10.0. The van der Waals surface area contributed by atoms with Crippen LogP contribution in [0, 0.1) is 24.2 Å². The van der Waals surface area contributed by atoms with Crippen LogP contribution < -0.4 is 10.2 Å². The highest BCUT2D eigenvalue weighted by atomic mass is 16.1. The molecule has 8 heteroatoms. The number of nitriles is 1. The van der Waals surface area contributed by atoms with Crippen LogP contribution in [0.1, 0.15) is 25.6 Å². The van der Waals surface area contributed by atoms with Crippen molar-refractivity contribution in [2.24, 2.45) is 5.92 Å². The summed E-state index contributed by atoms with van der Waals surface area (Å²) in [5.74, 6) is 0.830. The molecule has 1 aliphatic heterocycles. The van der Waals surface area contributed by atoms with Gasteiger partial charge in [-0.1, -0.05) is 0 Å². The molecule has 1 fully saturated rings. The number of nitrogens with one attached hydrogen (secondary N) is 2. The van der Waals surface area contributed by atoms with E-state index in [1.807, 2.05) is 19.1 Å². The van der Waals surface area contributed by atoms with Gasteiger partial charge in [-0.2, -0.15) is 5.26 Å². The van der Waals surface area contributed by atoms with Crippen LogP contribution in [0.5, 0.6) is 0 Å². The van der Waals surface area contributed by atoms with Crippen molar-refractivity contribution in [3.05, 3.63) is 24.3 Å². The number of H-pyrrole nitrogens is 1. The first-order valence-corrected chi connectivity index (χ1v) is 9.12. The van der Waals surface area contributed by atoms with Gasteiger partial charge in [0.25, 0.3) is 0 Å². The first kappa shape index (κ1) is 17.2. The van der Waals surface area contributed by atoms with Gasteiger partial charge < -0.3 is 15.2 Å². The van der Waals surface area contributed by atoms with Gasteiger partial charge in [0.1, 0.15) is 17.6 Å². The van der Waals surface area contributed by atoms with Crippen LogP contribution in [-0.4, -0.2) is 45.0 Å². The average molecular weight is 363 g/mol. The number of rotatable bonds is 3. The van der Waals surface area contributed by atoms with Gasteiger partial charge >= 0.3 is 0 Å². The number of nitrogens with zero attached hydrogens (tertiary/aromatic N) is 5. The van der Waals surface area contributed by atoms with Gasteiger partial charge in [0.15, 0.2) is 5.65 Å². The third-order valence-electron chi connectivity index (χ3n) is 5.00. The number of aromatic nitrogens is 4. The Kier molecular flexibility index (Phi) is 4.36. The van der Waals surface area contributed by atoms with Crippen LogP contribution in [0.2, 0.25) is 0 Å². The monoisotopic (exact) mass is 363 g/mol. The number of amides is 1. The van der Waals surface area contributed by atoms with E-state index in [4.69, 9.17) is 10.2 Å². The number of piperidine rings is 1. The van der Waals surface area contributed by atoms with E-state index in [0.29, 0.717) is 12.2 Å². The van der Waals surface area contributed by atoms with Crippen molar-refractivity contribution in [2.75, 3.05) is 18.0 Å². The Hall–Kier alpha value is -3.21.